The van der Waals surface area contributed by atoms with Gasteiger partial charge in [0.15, 0.2) is 16.8 Å². The molecule has 0 radical (unpaired) electrons. The van der Waals surface area contributed by atoms with Crippen LogP contribution < -0.4 is 14.8 Å². The number of nitrogens with one attached hydrogen (secondary N) is 1. The van der Waals surface area contributed by atoms with Crippen LogP contribution in [0, 0.1) is 0 Å². The van der Waals surface area contributed by atoms with Gasteiger partial charge in [-0.2, -0.15) is 0 Å². The molecule has 178 valence electrons. The highest BCUT2D eigenvalue weighted by atomic mass is 32.2. The van der Waals surface area contributed by atoms with Crippen molar-refractivity contribution in [2.75, 3.05) is 25.3 Å². The second-order valence-corrected chi connectivity index (χ2v) is 8.48. The number of ketones is 1. The fourth-order valence-electron chi connectivity index (χ4n) is 3.37. The Morgan fingerprint density at radius 3 is 2.03 bits per heavy atom. The van der Waals surface area contributed by atoms with Gasteiger partial charge in [0, 0.05) is 22.5 Å². The maximum absolute atomic E-state index is 12.6. The van der Waals surface area contributed by atoms with E-state index in [1.54, 1.807) is 38.5 Å². The summed E-state index contributed by atoms with van der Waals surface area (Å²) in [6.07, 6.45) is 0. The Hall–Kier alpha value is -4.11. The molecule has 0 atom stereocenters. The lowest BCUT2D eigenvalue weighted by atomic mass is 10.1. The number of carbonyl (C=O) groups excluding carboxylic acids is 2. The van der Waals surface area contributed by atoms with Crippen LogP contribution in [0.5, 0.6) is 11.5 Å². The van der Waals surface area contributed by atoms with Crippen LogP contribution in [-0.2, 0) is 4.79 Å². The summed E-state index contributed by atoms with van der Waals surface area (Å²) in [4.78, 5) is 24.0. The molecule has 4 rings (SSSR count). The molecule has 35 heavy (non-hydrogen) atoms. The Morgan fingerprint density at radius 2 is 1.46 bits per heavy atom. The Balaban J connectivity index is 1.56. The van der Waals surface area contributed by atoms with Gasteiger partial charge in [-0.25, -0.2) is 0 Å². The van der Waals surface area contributed by atoms with Crippen molar-refractivity contribution in [3.05, 3.63) is 78.4 Å². The predicted octanol–water partition coefficient (Wildman–Crippen LogP) is 4.88. The van der Waals surface area contributed by atoms with Crippen molar-refractivity contribution in [1.29, 1.82) is 0 Å². The van der Waals surface area contributed by atoms with Gasteiger partial charge in [0.2, 0.25) is 5.91 Å². The minimum absolute atomic E-state index is 0.0241. The number of methoxy groups -OCH3 is 2. The molecular formula is C26H24N4O4S. The van der Waals surface area contributed by atoms with Crippen molar-refractivity contribution in [1.82, 2.24) is 14.8 Å². The lowest BCUT2D eigenvalue weighted by Crippen LogP contribution is -2.14. The van der Waals surface area contributed by atoms with E-state index in [4.69, 9.17) is 9.47 Å². The normalized spacial score (nSPS) is 10.6. The van der Waals surface area contributed by atoms with Gasteiger partial charge >= 0.3 is 0 Å². The standard InChI is InChI=1S/C26H24N4O4S/c1-17(31)18-4-8-20(9-5-18)27-24(32)16-35-26-29-28-25(19-6-12-22(33-2)13-7-19)30(26)21-10-14-23(34-3)15-11-21/h4-15H,16H2,1-3H3,(H,27,32). The third-order valence-corrected chi connectivity index (χ3v) is 6.15. The van der Waals surface area contributed by atoms with Gasteiger partial charge in [0.25, 0.3) is 0 Å². The summed E-state index contributed by atoms with van der Waals surface area (Å²) in [6.45, 7) is 1.50. The first-order chi connectivity index (χ1) is 17.0. The molecule has 1 aromatic heterocycles. The lowest BCUT2D eigenvalue weighted by molar-refractivity contribution is -0.113. The first-order valence-electron chi connectivity index (χ1n) is 10.8. The highest BCUT2D eigenvalue weighted by Crippen LogP contribution is 2.30. The van der Waals surface area contributed by atoms with Crippen LogP contribution in [0.1, 0.15) is 17.3 Å². The molecule has 0 spiro atoms. The summed E-state index contributed by atoms with van der Waals surface area (Å²) in [5.41, 5.74) is 2.91. The zero-order valence-corrected chi connectivity index (χ0v) is 20.3. The number of rotatable bonds is 9. The van der Waals surface area contributed by atoms with Gasteiger partial charge in [-0.05, 0) is 79.7 Å². The molecule has 0 aliphatic heterocycles. The maximum atomic E-state index is 12.6. The minimum atomic E-state index is -0.194. The summed E-state index contributed by atoms with van der Waals surface area (Å²) < 4.78 is 12.4. The van der Waals surface area contributed by atoms with Crippen molar-refractivity contribution in [3.8, 4) is 28.6 Å². The number of nitrogens with zero attached hydrogens (tertiary/aromatic N) is 3. The maximum Gasteiger partial charge on any atom is 0.234 e. The quantitative estimate of drug-likeness (QED) is 0.265. The summed E-state index contributed by atoms with van der Waals surface area (Å²) in [7, 11) is 3.23. The van der Waals surface area contributed by atoms with E-state index in [1.165, 1.54) is 18.7 Å². The third-order valence-electron chi connectivity index (χ3n) is 5.22. The molecule has 0 unspecified atom stereocenters. The van der Waals surface area contributed by atoms with Crippen molar-refractivity contribution in [2.45, 2.75) is 12.1 Å². The number of benzene rings is 3. The largest absolute Gasteiger partial charge is 0.497 e. The number of Topliss-reactive ketones (excluding diaryl/α,β-unsaturated/α-hetero) is 1. The van der Waals surface area contributed by atoms with Crippen molar-refractivity contribution in [2.24, 2.45) is 0 Å². The molecule has 0 bridgehead atoms. The average Bonchev–Trinajstić information content (AvgIpc) is 3.32. The van der Waals surface area contributed by atoms with Crippen LogP contribution in [0.4, 0.5) is 5.69 Å². The molecule has 1 N–H and O–H groups in total. The molecule has 8 nitrogen and oxygen atoms in total. The number of ether oxygens (including phenoxy) is 2. The molecule has 0 saturated heterocycles. The predicted molar refractivity (Wildman–Crippen MR) is 136 cm³/mol. The van der Waals surface area contributed by atoms with E-state index in [1.807, 2.05) is 53.1 Å². The molecule has 0 aliphatic rings. The Kier molecular flexibility index (Phi) is 7.47. The third kappa shape index (κ3) is 5.70. The SMILES string of the molecule is COc1ccc(-c2nnc(SCC(=O)Nc3ccc(C(C)=O)cc3)n2-c2ccc(OC)cc2)cc1. The molecule has 3 aromatic carbocycles. The van der Waals surface area contributed by atoms with E-state index in [0.717, 1.165) is 22.7 Å². The molecule has 1 amide bonds. The van der Waals surface area contributed by atoms with Crippen molar-refractivity contribution in [3.63, 3.8) is 0 Å². The van der Waals surface area contributed by atoms with E-state index >= 15 is 0 Å². The first kappa shape index (κ1) is 24.0. The monoisotopic (exact) mass is 488 g/mol. The summed E-state index contributed by atoms with van der Waals surface area (Å²) in [6, 6.07) is 21.9. The summed E-state index contributed by atoms with van der Waals surface area (Å²) in [5.74, 6) is 2.03. The molecule has 1 heterocycles. The molecule has 0 saturated carbocycles. The molecule has 0 aliphatic carbocycles. The van der Waals surface area contributed by atoms with Crippen molar-refractivity contribution < 1.29 is 19.1 Å². The van der Waals surface area contributed by atoms with Gasteiger partial charge < -0.3 is 14.8 Å². The molecule has 0 fully saturated rings. The number of anilines is 1. The van der Waals surface area contributed by atoms with Gasteiger partial charge in [-0.1, -0.05) is 11.8 Å². The topological polar surface area (TPSA) is 95.3 Å². The van der Waals surface area contributed by atoms with Crippen LogP contribution >= 0.6 is 11.8 Å². The van der Waals surface area contributed by atoms with E-state index in [9.17, 15) is 9.59 Å². The Morgan fingerprint density at radius 1 is 0.857 bits per heavy atom. The average molecular weight is 489 g/mol. The smallest absolute Gasteiger partial charge is 0.234 e. The highest BCUT2D eigenvalue weighted by Gasteiger charge is 2.18. The summed E-state index contributed by atoms with van der Waals surface area (Å²) >= 11 is 1.28. The van der Waals surface area contributed by atoms with E-state index in [0.29, 0.717) is 22.2 Å². The fourth-order valence-corrected chi connectivity index (χ4v) is 4.12. The Labute approximate surface area is 207 Å². The molecule has 9 heteroatoms. The van der Waals surface area contributed by atoms with Crippen LogP contribution in [0.3, 0.4) is 0 Å². The number of carbonyl (C=O) groups is 2. The van der Waals surface area contributed by atoms with E-state index in [-0.39, 0.29) is 17.4 Å². The van der Waals surface area contributed by atoms with Gasteiger partial charge in [0.05, 0.1) is 20.0 Å². The fraction of sp³-hybridized carbons (Fsp3) is 0.154. The van der Waals surface area contributed by atoms with Gasteiger partial charge in [-0.15, -0.1) is 10.2 Å². The number of thioether (sulfide) groups is 1. The van der Waals surface area contributed by atoms with E-state index in [2.05, 4.69) is 15.5 Å². The van der Waals surface area contributed by atoms with Gasteiger partial charge in [0.1, 0.15) is 11.5 Å². The van der Waals surface area contributed by atoms with E-state index < -0.39 is 0 Å². The van der Waals surface area contributed by atoms with Crippen LogP contribution in [0.25, 0.3) is 17.1 Å². The Bertz CT molecular complexity index is 1320. The second kappa shape index (κ2) is 10.9. The van der Waals surface area contributed by atoms with Crippen LogP contribution in [0.15, 0.2) is 78.0 Å². The minimum Gasteiger partial charge on any atom is -0.497 e. The zero-order chi connectivity index (χ0) is 24.8. The molecule has 4 aromatic rings. The van der Waals surface area contributed by atoms with Crippen molar-refractivity contribution >= 4 is 29.1 Å². The van der Waals surface area contributed by atoms with Gasteiger partial charge in [-0.3, -0.25) is 14.2 Å². The number of hydrogen-bond acceptors (Lipinski definition) is 7. The number of amides is 1. The summed E-state index contributed by atoms with van der Waals surface area (Å²) in [5, 5.41) is 12.2. The van der Waals surface area contributed by atoms with Crippen LogP contribution in [0.2, 0.25) is 0 Å². The highest BCUT2D eigenvalue weighted by molar-refractivity contribution is 7.99. The number of aromatic nitrogens is 3. The molecular weight excluding hydrogens is 464 g/mol. The van der Waals surface area contributed by atoms with Crippen LogP contribution in [-0.4, -0.2) is 46.4 Å². The number of hydrogen-bond donors (Lipinski definition) is 1. The first-order valence-corrected chi connectivity index (χ1v) is 11.7. The second-order valence-electron chi connectivity index (χ2n) is 7.54. The zero-order valence-electron chi connectivity index (χ0n) is 19.5. The lowest BCUT2D eigenvalue weighted by Gasteiger charge is -2.11.